The first-order chi connectivity index (χ1) is 12.8. The molecule has 0 heterocycles. The SMILES string of the molecule is CNC(=O)COc1cc(C(=N)N)ccc1CNC(=O)c1cc(Cl)ccc1Cl. The summed E-state index contributed by atoms with van der Waals surface area (Å²) in [5.74, 6) is -0.524. The highest BCUT2D eigenvalue weighted by molar-refractivity contribution is 6.35. The smallest absolute Gasteiger partial charge is 0.257 e. The van der Waals surface area contributed by atoms with Crippen LogP contribution < -0.4 is 21.1 Å². The Labute approximate surface area is 166 Å². The van der Waals surface area contributed by atoms with Gasteiger partial charge in [0.1, 0.15) is 11.6 Å². The molecule has 5 N–H and O–H groups in total. The lowest BCUT2D eigenvalue weighted by Crippen LogP contribution is -2.26. The zero-order chi connectivity index (χ0) is 20.0. The van der Waals surface area contributed by atoms with E-state index in [4.69, 9.17) is 39.1 Å². The Hall–Kier alpha value is -2.77. The van der Waals surface area contributed by atoms with E-state index >= 15 is 0 Å². The number of benzene rings is 2. The topological polar surface area (TPSA) is 117 Å². The molecule has 0 saturated carbocycles. The lowest BCUT2D eigenvalue weighted by atomic mass is 10.1. The number of carbonyl (C=O) groups excluding carboxylic acids is 2. The Morgan fingerprint density at radius 3 is 2.59 bits per heavy atom. The lowest BCUT2D eigenvalue weighted by Gasteiger charge is -2.14. The second-order valence-corrected chi connectivity index (χ2v) is 6.35. The van der Waals surface area contributed by atoms with Gasteiger partial charge in [0.05, 0.1) is 10.6 Å². The Balaban J connectivity index is 2.18. The maximum absolute atomic E-state index is 12.4. The molecule has 9 heteroatoms. The van der Waals surface area contributed by atoms with Crippen LogP contribution in [0.25, 0.3) is 0 Å². The molecule has 0 aliphatic carbocycles. The Bertz CT molecular complexity index is 887. The van der Waals surface area contributed by atoms with Crippen LogP contribution in [0.5, 0.6) is 5.75 Å². The van der Waals surface area contributed by atoms with Crippen molar-refractivity contribution in [2.24, 2.45) is 5.73 Å². The fourth-order valence-corrected chi connectivity index (χ4v) is 2.54. The Kier molecular flexibility index (Phi) is 7.04. The van der Waals surface area contributed by atoms with Crippen LogP contribution in [0.1, 0.15) is 21.5 Å². The summed E-state index contributed by atoms with van der Waals surface area (Å²) in [4.78, 5) is 23.8. The summed E-state index contributed by atoms with van der Waals surface area (Å²) in [6.45, 7) is -0.0954. The number of halogens is 2. The van der Waals surface area contributed by atoms with Gasteiger partial charge in [-0.3, -0.25) is 15.0 Å². The van der Waals surface area contributed by atoms with Gasteiger partial charge in [0.25, 0.3) is 11.8 Å². The van der Waals surface area contributed by atoms with Crippen LogP contribution in [-0.2, 0) is 11.3 Å². The molecule has 0 saturated heterocycles. The number of amidine groups is 1. The fourth-order valence-electron chi connectivity index (χ4n) is 2.16. The summed E-state index contributed by atoms with van der Waals surface area (Å²) in [7, 11) is 1.49. The van der Waals surface area contributed by atoms with E-state index in [1.165, 1.54) is 13.1 Å². The van der Waals surface area contributed by atoms with Crippen molar-refractivity contribution in [3.05, 3.63) is 63.1 Å². The van der Waals surface area contributed by atoms with E-state index in [1.807, 2.05) is 0 Å². The van der Waals surface area contributed by atoms with Crippen LogP contribution in [0, 0.1) is 5.41 Å². The normalized spacial score (nSPS) is 10.2. The summed E-state index contributed by atoms with van der Waals surface area (Å²) < 4.78 is 5.50. The van der Waals surface area contributed by atoms with Gasteiger partial charge in [-0.1, -0.05) is 35.3 Å². The molecule has 0 atom stereocenters. The van der Waals surface area contributed by atoms with E-state index in [0.29, 0.717) is 21.9 Å². The molecule has 142 valence electrons. The molecule has 0 bridgehead atoms. The number of ether oxygens (including phenoxy) is 1. The van der Waals surface area contributed by atoms with Crippen molar-refractivity contribution >= 4 is 40.9 Å². The van der Waals surface area contributed by atoms with Gasteiger partial charge >= 0.3 is 0 Å². The van der Waals surface area contributed by atoms with Crippen LogP contribution in [0.3, 0.4) is 0 Å². The van der Waals surface area contributed by atoms with Crippen LogP contribution in [0.15, 0.2) is 36.4 Å². The maximum atomic E-state index is 12.4. The molecule has 0 unspecified atom stereocenters. The van der Waals surface area contributed by atoms with Gasteiger partial charge in [0.2, 0.25) is 0 Å². The van der Waals surface area contributed by atoms with Crippen molar-refractivity contribution in [1.82, 2.24) is 10.6 Å². The summed E-state index contributed by atoms with van der Waals surface area (Å²) in [5.41, 5.74) is 6.79. The molecule has 0 aromatic heterocycles. The highest BCUT2D eigenvalue weighted by Crippen LogP contribution is 2.23. The number of rotatable bonds is 7. The quantitative estimate of drug-likeness (QED) is 0.415. The number of carbonyl (C=O) groups is 2. The van der Waals surface area contributed by atoms with Crippen LogP contribution in [0.4, 0.5) is 0 Å². The first-order valence-electron chi connectivity index (χ1n) is 7.85. The zero-order valence-corrected chi connectivity index (χ0v) is 15.9. The summed E-state index contributed by atoms with van der Waals surface area (Å²) >= 11 is 11.9. The molecule has 0 aliphatic heterocycles. The first kappa shape index (κ1) is 20.5. The van der Waals surface area contributed by atoms with Gasteiger partial charge in [-0.15, -0.1) is 0 Å². The largest absolute Gasteiger partial charge is 0.483 e. The summed E-state index contributed by atoms with van der Waals surface area (Å²) in [6.07, 6.45) is 0. The predicted molar refractivity (Wildman–Crippen MR) is 105 cm³/mol. The van der Waals surface area contributed by atoms with Crippen LogP contribution in [0.2, 0.25) is 10.0 Å². The molecule has 0 radical (unpaired) electrons. The van der Waals surface area contributed by atoms with Crippen molar-refractivity contribution in [3.8, 4) is 5.75 Å². The molecule has 0 fully saturated rings. The highest BCUT2D eigenvalue weighted by Gasteiger charge is 2.14. The van der Waals surface area contributed by atoms with Crippen molar-refractivity contribution in [2.75, 3.05) is 13.7 Å². The number of hydrogen-bond donors (Lipinski definition) is 4. The third-order valence-corrected chi connectivity index (χ3v) is 4.19. The molecular formula is C18H18Cl2N4O3. The highest BCUT2D eigenvalue weighted by atomic mass is 35.5. The molecule has 7 nitrogen and oxygen atoms in total. The van der Waals surface area contributed by atoms with Gasteiger partial charge in [-0.25, -0.2) is 0 Å². The Morgan fingerprint density at radius 1 is 1.19 bits per heavy atom. The van der Waals surface area contributed by atoms with Gasteiger partial charge in [-0.05, 0) is 24.3 Å². The van der Waals surface area contributed by atoms with Crippen LogP contribution in [-0.4, -0.2) is 31.3 Å². The predicted octanol–water partition coefficient (Wildman–Crippen LogP) is 2.33. The fraction of sp³-hybridized carbons (Fsp3) is 0.167. The van der Waals surface area contributed by atoms with E-state index in [0.717, 1.165) is 0 Å². The molecular weight excluding hydrogens is 391 g/mol. The monoisotopic (exact) mass is 408 g/mol. The van der Waals surface area contributed by atoms with Crippen LogP contribution >= 0.6 is 23.2 Å². The van der Waals surface area contributed by atoms with E-state index < -0.39 is 5.91 Å². The van der Waals surface area contributed by atoms with Gasteiger partial charge in [-0.2, -0.15) is 0 Å². The molecule has 0 spiro atoms. The average Bonchev–Trinajstić information content (AvgIpc) is 2.66. The zero-order valence-electron chi connectivity index (χ0n) is 14.4. The van der Waals surface area contributed by atoms with E-state index in [1.54, 1.807) is 30.3 Å². The van der Waals surface area contributed by atoms with Crippen molar-refractivity contribution in [3.63, 3.8) is 0 Å². The number of amides is 2. The minimum Gasteiger partial charge on any atom is -0.483 e. The average molecular weight is 409 g/mol. The third-order valence-electron chi connectivity index (χ3n) is 3.63. The molecule has 2 rings (SSSR count). The van der Waals surface area contributed by atoms with Gasteiger partial charge in [0.15, 0.2) is 6.61 Å². The van der Waals surface area contributed by atoms with Crippen molar-refractivity contribution < 1.29 is 14.3 Å². The summed E-state index contributed by atoms with van der Waals surface area (Å²) in [6, 6.07) is 9.43. The Morgan fingerprint density at radius 2 is 1.93 bits per heavy atom. The standard InChI is InChI=1S/C18H18Cl2N4O3/c1-23-16(25)9-27-15-6-10(17(21)22)2-3-11(15)8-24-18(26)13-7-12(19)4-5-14(13)20/h2-7H,8-9H2,1H3,(H3,21,22)(H,23,25)(H,24,26). The van der Waals surface area contributed by atoms with E-state index in [2.05, 4.69) is 10.6 Å². The van der Waals surface area contributed by atoms with Gasteiger partial charge < -0.3 is 21.1 Å². The second kappa shape index (κ2) is 9.25. The number of likely N-dealkylation sites (N-methyl/N-ethyl adjacent to an activating group) is 1. The second-order valence-electron chi connectivity index (χ2n) is 5.50. The van der Waals surface area contributed by atoms with Gasteiger partial charge in [0, 0.05) is 29.7 Å². The molecule has 0 aliphatic rings. The molecule has 2 aromatic rings. The number of nitrogens with one attached hydrogen (secondary N) is 3. The number of hydrogen-bond acceptors (Lipinski definition) is 4. The van der Waals surface area contributed by atoms with Crippen molar-refractivity contribution in [1.29, 1.82) is 5.41 Å². The van der Waals surface area contributed by atoms with E-state index in [-0.39, 0.29) is 35.5 Å². The van der Waals surface area contributed by atoms with E-state index in [9.17, 15) is 9.59 Å². The minimum atomic E-state index is -0.407. The first-order valence-corrected chi connectivity index (χ1v) is 8.61. The minimum absolute atomic E-state index is 0.114. The molecule has 27 heavy (non-hydrogen) atoms. The maximum Gasteiger partial charge on any atom is 0.257 e. The molecule has 2 aromatic carbocycles. The third kappa shape index (κ3) is 5.60. The number of nitrogen functional groups attached to an aromatic ring is 1. The van der Waals surface area contributed by atoms with Crippen molar-refractivity contribution in [2.45, 2.75) is 6.54 Å². The summed E-state index contributed by atoms with van der Waals surface area (Å²) in [5, 5.41) is 13.4. The number of nitrogens with two attached hydrogens (primary N) is 1. The molecule has 2 amide bonds. The lowest BCUT2D eigenvalue weighted by molar-refractivity contribution is -0.122.